The Balaban J connectivity index is 2.13. The van der Waals surface area contributed by atoms with E-state index in [0.717, 1.165) is 28.1 Å². The number of rotatable bonds is 4. The Morgan fingerprint density at radius 3 is 2.89 bits per heavy atom. The van der Waals surface area contributed by atoms with Crippen LogP contribution in [0.15, 0.2) is 22.9 Å². The third-order valence-corrected chi connectivity index (χ3v) is 3.91. The molecule has 2 heterocycles. The molecule has 2 aromatic heterocycles. The Bertz CT molecular complexity index is 604. The second-order valence-corrected chi connectivity index (χ2v) is 5.87. The molecule has 0 spiro atoms. The maximum Gasteiger partial charge on any atom is 0.224 e. The highest BCUT2D eigenvalue weighted by Gasteiger charge is 2.08. The van der Waals surface area contributed by atoms with E-state index in [4.69, 9.17) is 0 Å². The van der Waals surface area contributed by atoms with Gasteiger partial charge in [-0.05, 0) is 47.3 Å². The molecule has 2 rings (SSSR count). The highest BCUT2D eigenvalue weighted by Crippen LogP contribution is 2.20. The fraction of sp³-hybridized carbons (Fsp3) is 0.429. The third kappa shape index (κ3) is 3.35. The van der Waals surface area contributed by atoms with Gasteiger partial charge in [-0.2, -0.15) is 0 Å². The lowest BCUT2D eigenvalue weighted by Gasteiger charge is -2.07. The van der Waals surface area contributed by atoms with Crippen LogP contribution < -0.4 is 5.32 Å². The zero-order valence-corrected chi connectivity index (χ0v) is 13.0. The molecule has 102 valence electrons. The van der Waals surface area contributed by atoms with Crippen LogP contribution in [-0.4, -0.2) is 15.3 Å². The number of aryl methyl sites for hydroxylation is 1. The summed E-state index contributed by atoms with van der Waals surface area (Å²) in [6, 6.07) is 3.78. The third-order valence-electron chi connectivity index (χ3n) is 2.95. The minimum Gasteiger partial charge on any atom is -0.325 e. The molecule has 5 heteroatoms. The van der Waals surface area contributed by atoms with Crippen molar-refractivity contribution >= 4 is 33.2 Å². The maximum absolute atomic E-state index is 11.8. The largest absolute Gasteiger partial charge is 0.325 e. The lowest BCUT2D eigenvalue weighted by Crippen LogP contribution is -2.12. The number of hydrogen-bond donors (Lipinski definition) is 1. The molecule has 0 aliphatic carbocycles. The summed E-state index contributed by atoms with van der Waals surface area (Å²) in [5.41, 5.74) is 2.59. The van der Waals surface area contributed by atoms with Crippen LogP contribution in [0.5, 0.6) is 0 Å². The molecule has 1 amide bonds. The van der Waals surface area contributed by atoms with Gasteiger partial charge in [0.1, 0.15) is 10.3 Å². The van der Waals surface area contributed by atoms with Crippen molar-refractivity contribution in [1.82, 2.24) is 9.38 Å². The number of carbonyl (C=O) groups is 1. The summed E-state index contributed by atoms with van der Waals surface area (Å²) in [5, 5.41) is 2.92. The molecular weight excluding hydrogens is 306 g/mol. The number of hydrogen-bond acceptors (Lipinski definition) is 2. The number of nitrogens with zero attached hydrogens (tertiary/aromatic N) is 2. The normalized spacial score (nSPS) is 11.2. The van der Waals surface area contributed by atoms with E-state index in [-0.39, 0.29) is 5.91 Å². The number of halogens is 1. The molecule has 0 aliphatic rings. The van der Waals surface area contributed by atoms with Gasteiger partial charge in [-0.25, -0.2) is 4.98 Å². The van der Waals surface area contributed by atoms with Gasteiger partial charge < -0.3 is 5.32 Å². The van der Waals surface area contributed by atoms with E-state index in [2.05, 4.69) is 40.1 Å². The molecule has 0 unspecified atom stereocenters. The Labute approximate surface area is 121 Å². The highest BCUT2D eigenvalue weighted by molar-refractivity contribution is 9.10. The van der Waals surface area contributed by atoms with Gasteiger partial charge in [0.25, 0.3) is 0 Å². The molecule has 19 heavy (non-hydrogen) atoms. The van der Waals surface area contributed by atoms with Gasteiger partial charge in [0.05, 0.1) is 11.4 Å². The van der Waals surface area contributed by atoms with Gasteiger partial charge >= 0.3 is 0 Å². The molecule has 0 radical (unpaired) electrons. The first kappa shape index (κ1) is 14.1. The van der Waals surface area contributed by atoms with E-state index in [1.165, 1.54) is 0 Å². The van der Waals surface area contributed by atoms with Crippen molar-refractivity contribution in [1.29, 1.82) is 0 Å². The van der Waals surface area contributed by atoms with Gasteiger partial charge in [0.15, 0.2) is 0 Å². The molecule has 0 saturated carbocycles. The van der Waals surface area contributed by atoms with Gasteiger partial charge in [0.2, 0.25) is 5.91 Å². The van der Waals surface area contributed by atoms with Crippen molar-refractivity contribution in [2.24, 2.45) is 5.92 Å². The summed E-state index contributed by atoms with van der Waals surface area (Å²) in [7, 11) is 0. The number of fused-ring (bicyclic) bond motifs is 1. The Kier molecular flexibility index (Phi) is 4.24. The van der Waals surface area contributed by atoms with E-state index in [1.807, 2.05) is 29.7 Å². The molecule has 1 N–H and O–H groups in total. The lowest BCUT2D eigenvalue weighted by atomic mass is 10.1. The zero-order valence-electron chi connectivity index (χ0n) is 11.4. The predicted molar refractivity (Wildman–Crippen MR) is 80.3 cm³/mol. The van der Waals surface area contributed by atoms with Crippen LogP contribution in [0.25, 0.3) is 5.65 Å². The molecule has 0 fully saturated rings. The lowest BCUT2D eigenvalue weighted by molar-refractivity contribution is -0.116. The van der Waals surface area contributed by atoms with Crippen molar-refractivity contribution in [3.63, 3.8) is 0 Å². The fourth-order valence-corrected chi connectivity index (χ4v) is 2.22. The maximum atomic E-state index is 11.8. The molecule has 0 saturated heterocycles. The van der Waals surface area contributed by atoms with Crippen LogP contribution in [0.2, 0.25) is 0 Å². The van der Waals surface area contributed by atoms with Gasteiger partial charge in [0, 0.05) is 12.6 Å². The molecule has 0 bridgehead atoms. The summed E-state index contributed by atoms with van der Waals surface area (Å²) >= 11 is 3.49. The number of amides is 1. The summed E-state index contributed by atoms with van der Waals surface area (Å²) in [6.45, 7) is 6.17. The summed E-state index contributed by atoms with van der Waals surface area (Å²) in [4.78, 5) is 16.2. The van der Waals surface area contributed by atoms with Crippen molar-refractivity contribution in [2.75, 3.05) is 5.32 Å². The van der Waals surface area contributed by atoms with Crippen molar-refractivity contribution in [3.05, 3.63) is 28.6 Å². The monoisotopic (exact) mass is 323 g/mol. The topological polar surface area (TPSA) is 46.4 Å². The van der Waals surface area contributed by atoms with Crippen molar-refractivity contribution in [2.45, 2.75) is 33.6 Å². The van der Waals surface area contributed by atoms with Crippen LogP contribution in [0, 0.1) is 12.8 Å². The van der Waals surface area contributed by atoms with Crippen molar-refractivity contribution < 1.29 is 4.79 Å². The predicted octanol–water partition coefficient (Wildman–Crippen LogP) is 3.78. The van der Waals surface area contributed by atoms with E-state index >= 15 is 0 Å². The van der Waals surface area contributed by atoms with Crippen LogP contribution in [0.4, 0.5) is 5.69 Å². The number of carbonyl (C=O) groups excluding carboxylic acids is 1. The van der Waals surface area contributed by atoms with Gasteiger partial charge in [-0.15, -0.1) is 0 Å². The fourth-order valence-electron chi connectivity index (χ4n) is 1.85. The number of imidazole rings is 1. The van der Waals surface area contributed by atoms with E-state index in [9.17, 15) is 4.79 Å². The standard InChI is InChI=1S/C14H18BrN3O/c1-9(2)4-7-13(19)17-11-5-6-12-16-10(3)14(15)18(12)8-11/h5-6,8-9H,4,7H2,1-3H3,(H,17,19). The summed E-state index contributed by atoms with van der Waals surface area (Å²) in [6.07, 6.45) is 3.34. The van der Waals surface area contributed by atoms with E-state index in [1.54, 1.807) is 0 Å². The second-order valence-electron chi connectivity index (χ2n) is 5.11. The highest BCUT2D eigenvalue weighted by atomic mass is 79.9. The first-order chi connectivity index (χ1) is 8.97. The van der Waals surface area contributed by atoms with E-state index in [0.29, 0.717) is 12.3 Å². The minimum absolute atomic E-state index is 0.0565. The minimum atomic E-state index is 0.0565. The molecule has 0 atom stereocenters. The quantitative estimate of drug-likeness (QED) is 0.930. The number of pyridine rings is 1. The van der Waals surface area contributed by atoms with E-state index < -0.39 is 0 Å². The zero-order chi connectivity index (χ0) is 14.0. The number of anilines is 1. The Hall–Kier alpha value is -1.36. The number of aromatic nitrogens is 2. The first-order valence-electron chi connectivity index (χ1n) is 6.41. The van der Waals surface area contributed by atoms with Gasteiger partial charge in [-0.3, -0.25) is 9.20 Å². The van der Waals surface area contributed by atoms with Crippen LogP contribution in [-0.2, 0) is 4.79 Å². The summed E-state index contributed by atoms with van der Waals surface area (Å²) in [5.74, 6) is 0.597. The first-order valence-corrected chi connectivity index (χ1v) is 7.20. The Morgan fingerprint density at radius 1 is 1.47 bits per heavy atom. The SMILES string of the molecule is Cc1nc2ccc(NC(=O)CCC(C)C)cn2c1Br. The molecule has 2 aromatic rings. The average molecular weight is 324 g/mol. The summed E-state index contributed by atoms with van der Waals surface area (Å²) < 4.78 is 2.84. The molecule has 0 aliphatic heterocycles. The van der Waals surface area contributed by atoms with Crippen LogP contribution >= 0.6 is 15.9 Å². The smallest absolute Gasteiger partial charge is 0.224 e. The molecule has 0 aromatic carbocycles. The van der Waals surface area contributed by atoms with Crippen LogP contribution in [0.1, 0.15) is 32.4 Å². The average Bonchev–Trinajstić information content (AvgIpc) is 2.63. The molecular formula is C14H18BrN3O. The molecule has 4 nitrogen and oxygen atoms in total. The second kappa shape index (κ2) is 5.74. The number of nitrogens with one attached hydrogen (secondary N) is 1. The van der Waals surface area contributed by atoms with Crippen LogP contribution in [0.3, 0.4) is 0 Å². The Morgan fingerprint density at radius 2 is 2.21 bits per heavy atom. The van der Waals surface area contributed by atoms with Gasteiger partial charge in [-0.1, -0.05) is 13.8 Å². The van der Waals surface area contributed by atoms with Crippen molar-refractivity contribution in [3.8, 4) is 0 Å².